The molecule has 6 heteroatoms. The van der Waals surface area contributed by atoms with Gasteiger partial charge in [-0.05, 0) is 48.8 Å². The average Bonchev–Trinajstić information content (AvgIpc) is 2.70. The van der Waals surface area contributed by atoms with Crippen LogP contribution in [0.15, 0.2) is 65.7 Å². The van der Waals surface area contributed by atoms with Crippen LogP contribution in [0.2, 0.25) is 0 Å². The molecule has 0 heterocycles. The first-order valence-electron chi connectivity index (χ1n) is 9.08. The first-order chi connectivity index (χ1) is 13.9. The number of hydrogen-bond acceptors (Lipinski definition) is 2. The van der Waals surface area contributed by atoms with Crippen LogP contribution in [0.1, 0.15) is 27.8 Å². The summed E-state index contributed by atoms with van der Waals surface area (Å²) in [7, 11) is 12.0. The monoisotopic (exact) mass is 479 g/mol. The van der Waals surface area contributed by atoms with E-state index in [0.717, 1.165) is 27.7 Å². The van der Waals surface area contributed by atoms with Gasteiger partial charge in [-0.25, -0.2) is 0 Å². The van der Waals surface area contributed by atoms with Gasteiger partial charge in [0.15, 0.2) is 0 Å². The zero-order chi connectivity index (χ0) is 21.4. The topological polar surface area (TPSA) is 32.6 Å². The fourth-order valence-electron chi connectivity index (χ4n) is 3.22. The van der Waals surface area contributed by atoms with Gasteiger partial charge in [0, 0.05) is 23.5 Å². The summed E-state index contributed by atoms with van der Waals surface area (Å²) in [6, 6.07) is 20.7. The maximum atomic E-state index is 10.6. The van der Waals surface area contributed by atoms with E-state index in [1.165, 1.54) is 16.4 Å². The number of aromatic hydroxyl groups is 1. The SMILES string of the molecule is CN=C(c1ccccc1)c1cccc(C)c1Pc1cc(C)cc(C)c1O.[Cl][Ti][Cl]. The van der Waals surface area contributed by atoms with Crippen LogP contribution in [0, 0.1) is 20.8 Å². The number of benzene rings is 3. The third kappa shape index (κ3) is 6.41. The van der Waals surface area contributed by atoms with E-state index >= 15 is 0 Å². The third-order valence-corrected chi connectivity index (χ3v) is 6.07. The third-order valence-electron chi connectivity index (χ3n) is 4.50. The van der Waals surface area contributed by atoms with Crippen molar-refractivity contribution in [1.82, 2.24) is 0 Å². The Kier molecular flexibility index (Phi) is 9.89. The van der Waals surface area contributed by atoms with Gasteiger partial charge in [0.05, 0.1) is 5.71 Å². The minimum absolute atomic E-state index is 0.376. The fourth-order valence-corrected chi connectivity index (χ4v) is 4.72. The molecular weight excluding hydrogens is 456 g/mol. The molecule has 0 saturated carbocycles. The summed E-state index contributed by atoms with van der Waals surface area (Å²) in [4.78, 5) is 4.59. The number of nitrogens with zero attached hydrogens (tertiary/aromatic N) is 1. The average molecular weight is 480 g/mol. The summed E-state index contributed by atoms with van der Waals surface area (Å²) in [5.41, 5.74) is 6.55. The maximum absolute atomic E-state index is 10.6. The van der Waals surface area contributed by atoms with E-state index in [2.05, 4.69) is 55.2 Å². The van der Waals surface area contributed by atoms with Crippen molar-refractivity contribution in [2.45, 2.75) is 20.8 Å². The molecule has 0 amide bonds. The normalized spacial score (nSPS) is 11.3. The van der Waals surface area contributed by atoms with Gasteiger partial charge in [0.1, 0.15) is 5.75 Å². The number of rotatable bonds is 4. The van der Waals surface area contributed by atoms with Crippen LogP contribution < -0.4 is 10.6 Å². The van der Waals surface area contributed by atoms with Gasteiger partial charge < -0.3 is 5.11 Å². The Labute approximate surface area is 191 Å². The molecule has 0 aliphatic carbocycles. The molecule has 150 valence electrons. The van der Waals surface area contributed by atoms with E-state index in [1.54, 1.807) is 0 Å². The van der Waals surface area contributed by atoms with E-state index < -0.39 is 17.0 Å². The van der Waals surface area contributed by atoms with E-state index in [0.29, 0.717) is 14.3 Å². The van der Waals surface area contributed by atoms with Gasteiger partial charge >= 0.3 is 35.6 Å². The molecule has 0 saturated heterocycles. The Morgan fingerprint density at radius 1 is 0.931 bits per heavy atom. The van der Waals surface area contributed by atoms with Gasteiger partial charge in [-0.3, -0.25) is 4.99 Å². The molecule has 1 unspecified atom stereocenters. The van der Waals surface area contributed by atoms with Crippen LogP contribution in [0.4, 0.5) is 0 Å². The number of phenols is 1. The van der Waals surface area contributed by atoms with Crippen molar-refractivity contribution < 1.29 is 22.1 Å². The number of aliphatic imine (C=N–C) groups is 1. The van der Waals surface area contributed by atoms with E-state index in [9.17, 15) is 5.11 Å². The molecule has 3 rings (SSSR count). The van der Waals surface area contributed by atoms with Crippen molar-refractivity contribution in [1.29, 1.82) is 0 Å². The molecular formula is C23H24Cl2NOPTi. The number of phenolic OH excluding ortho intramolecular Hbond substituents is 1. The molecule has 2 nitrogen and oxygen atoms in total. The Hall–Kier alpha value is -1.15. The van der Waals surface area contributed by atoms with Gasteiger partial charge in [-0.2, -0.15) is 0 Å². The molecule has 0 radical (unpaired) electrons. The molecule has 1 N–H and O–H groups in total. The van der Waals surface area contributed by atoms with Crippen LogP contribution >= 0.6 is 27.2 Å². The predicted octanol–water partition coefficient (Wildman–Crippen LogP) is 5.79. The number of aryl methyl sites for hydroxylation is 3. The Bertz CT molecular complexity index is 994. The molecule has 29 heavy (non-hydrogen) atoms. The van der Waals surface area contributed by atoms with Gasteiger partial charge in [-0.1, -0.05) is 63.2 Å². The molecule has 0 spiro atoms. The quantitative estimate of drug-likeness (QED) is 0.286. The first kappa shape index (κ1) is 24.1. The van der Waals surface area contributed by atoms with Crippen molar-refractivity contribution >= 4 is 43.5 Å². The summed E-state index contributed by atoms with van der Waals surface area (Å²) in [5.74, 6) is 0.401. The van der Waals surface area contributed by atoms with Crippen LogP contribution in [-0.4, -0.2) is 17.9 Å². The second-order valence-corrected chi connectivity index (χ2v) is 10.5. The Morgan fingerprint density at radius 3 is 2.21 bits per heavy atom. The van der Waals surface area contributed by atoms with Gasteiger partial charge in [0.2, 0.25) is 0 Å². The minimum atomic E-state index is -0.556. The van der Waals surface area contributed by atoms with Gasteiger partial charge in [0.25, 0.3) is 0 Å². The Balaban J connectivity index is 0.000000941. The van der Waals surface area contributed by atoms with Crippen molar-refractivity contribution in [2.24, 2.45) is 4.99 Å². The summed E-state index contributed by atoms with van der Waals surface area (Å²) < 4.78 is 0. The zero-order valence-electron chi connectivity index (χ0n) is 16.9. The first-order valence-corrected chi connectivity index (χ1v) is 14.4. The van der Waals surface area contributed by atoms with E-state index in [1.807, 2.05) is 38.2 Å². The van der Waals surface area contributed by atoms with Crippen LogP contribution in [0.25, 0.3) is 0 Å². The van der Waals surface area contributed by atoms with Crippen molar-refractivity contribution in [3.63, 3.8) is 0 Å². The van der Waals surface area contributed by atoms with Crippen molar-refractivity contribution in [3.05, 3.63) is 88.5 Å². The number of hydrogen-bond donors (Lipinski definition) is 1. The number of halogens is 2. The Morgan fingerprint density at radius 2 is 1.59 bits per heavy atom. The molecule has 0 aliphatic heterocycles. The standard InChI is InChI=1S/C23H24NOP.2ClH.Ti/c1-15-13-17(3)22(25)20(14-15)26-23-16(2)9-8-12-19(23)21(24-4)18-10-6-5-7-11-18;;;/h5-14,25-26H,1-4H3;2*1H;/q;;;+2/p-2. The molecule has 3 aromatic carbocycles. The van der Waals surface area contributed by atoms with Crippen LogP contribution in [0.5, 0.6) is 5.75 Å². The fraction of sp³-hybridized carbons (Fsp3) is 0.174. The van der Waals surface area contributed by atoms with Crippen LogP contribution in [0.3, 0.4) is 0 Å². The van der Waals surface area contributed by atoms with Crippen molar-refractivity contribution in [3.8, 4) is 5.75 Å². The second kappa shape index (κ2) is 11.9. The summed E-state index contributed by atoms with van der Waals surface area (Å²) >= 11 is -0.556. The molecule has 1 atom stereocenters. The second-order valence-electron chi connectivity index (χ2n) is 6.61. The summed E-state index contributed by atoms with van der Waals surface area (Å²) in [5, 5.41) is 12.8. The van der Waals surface area contributed by atoms with E-state index in [4.69, 9.17) is 18.6 Å². The molecule has 0 fully saturated rings. The molecule has 0 aliphatic rings. The predicted molar refractivity (Wildman–Crippen MR) is 126 cm³/mol. The zero-order valence-corrected chi connectivity index (χ0v) is 21.0. The van der Waals surface area contributed by atoms with Gasteiger partial charge in [-0.15, -0.1) is 0 Å². The molecule has 0 bridgehead atoms. The molecule has 3 aromatic rings. The van der Waals surface area contributed by atoms with Crippen LogP contribution in [-0.2, 0) is 17.0 Å². The molecule has 0 aromatic heterocycles. The van der Waals surface area contributed by atoms with Crippen molar-refractivity contribution in [2.75, 3.05) is 7.05 Å². The van der Waals surface area contributed by atoms with E-state index in [-0.39, 0.29) is 0 Å². The summed E-state index contributed by atoms with van der Waals surface area (Å²) in [6.07, 6.45) is 0. The summed E-state index contributed by atoms with van der Waals surface area (Å²) in [6.45, 7) is 6.16.